The average molecular weight is 397 g/mol. The van der Waals surface area contributed by atoms with Crippen molar-refractivity contribution in [2.75, 3.05) is 13.1 Å². The van der Waals surface area contributed by atoms with Gasteiger partial charge in [-0.2, -0.15) is 5.26 Å². The Labute approximate surface area is 174 Å². The first-order chi connectivity index (χ1) is 13.9. The van der Waals surface area contributed by atoms with Crippen molar-refractivity contribution in [3.8, 4) is 22.9 Å². The van der Waals surface area contributed by atoms with Crippen molar-refractivity contribution in [3.63, 3.8) is 0 Å². The predicted molar refractivity (Wildman–Crippen MR) is 117 cm³/mol. The van der Waals surface area contributed by atoms with Crippen LogP contribution in [0.25, 0.3) is 11.1 Å². The van der Waals surface area contributed by atoms with Crippen LogP contribution in [-0.4, -0.2) is 29.3 Å². The standard InChI is InChI=1S/C23H27FN2O.C2H6/c1-3-17-4-7-19(8-5-17)20-9-6-18(14-21(20)27)15-26-13-11-23(2,10-12-25)22(24)16-26;1-2/h4-9,14,22,27H,3,10-11,13,15-16H2,1-2H3;1-2H3. The molecular weight excluding hydrogens is 363 g/mol. The fourth-order valence-electron chi connectivity index (χ4n) is 3.73. The van der Waals surface area contributed by atoms with Crippen LogP contribution in [0.3, 0.4) is 0 Å². The van der Waals surface area contributed by atoms with Crippen molar-refractivity contribution in [1.82, 2.24) is 4.90 Å². The highest BCUT2D eigenvalue weighted by molar-refractivity contribution is 5.70. The number of benzene rings is 2. The molecule has 0 spiro atoms. The zero-order valence-electron chi connectivity index (χ0n) is 18.1. The van der Waals surface area contributed by atoms with Gasteiger partial charge in [0.1, 0.15) is 11.9 Å². The number of aryl methyl sites for hydroxylation is 1. The zero-order chi connectivity index (χ0) is 21.4. The summed E-state index contributed by atoms with van der Waals surface area (Å²) >= 11 is 0. The molecule has 3 nitrogen and oxygen atoms in total. The number of nitriles is 1. The maximum absolute atomic E-state index is 14.6. The molecule has 156 valence electrons. The smallest absolute Gasteiger partial charge is 0.123 e. The lowest BCUT2D eigenvalue weighted by atomic mass is 9.76. The first-order valence-corrected chi connectivity index (χ1v) is 10.6. The Morgan fingerprint density at radius 2 is 1.83 bits per heavy atom. The number of piperidine rings is 1. The molecule has 4 heteroatoms. The summed E-state index contributed by atoms with van der Waals surface area (Å²) in [6.45, 7) is 9.68. The minimum atomic E-state index is -1.00. The predicted octanol–water partition coefficient (Wildman–Crippen LogP) is 6.11. The second-order valence-corrected chi connectivity index (χ2v) is 7.84. The van der Waals surface area contributed by atoms with Crippen molar-refractivity contribution in [3.05, 3.63) is 53.6 Å². The summed E-state index contributed by atoms with van der Waals surface area (Å²) in [7, 11) is 0. The number of hydrogen-bond donors (Lipinski definition) is 1. The van der Waals surface area contributed by atoms with Gasteiger partial charge in [-0.05, 0) is 42.1 Å². The fourth-order valence-corrected chi connectivity index (χ4v) is 3.73. The van der Waals surface area contributed by atoms with Crippen molar-refractivity contribution in [2.45, 2.75) is 59.7 Å². The summed E-state index contributed by atoms with van der Waals surface area (Å²) in [4.78, 5) is 2.06. The third-order valence-electron chi connectivity index (χ3n) is 5.80. The third kappa shape index (κ3) is 5.58. The minimum absolute atomic E-state index is 0.250. The number of halogens is 1. The van der Waals surface area contributed by atoms with E-state index in [1.807, 2.05) is 45.0 Å². The minimum Gasteiger partial charge on any atom is -0.507 e. The van der Waals surface area contributed by atoms with Gasteiger partial charge in [0, 0.05) is 30.5 Å². The highest BCUT2D eigenvalue weighted by atomic mass is 19.1. The van der Waals surface area contributed by atoms with Crippen LogP contribution in [0, 0.1) is 16.7 Å². The van der Waals surface area contributed by atoms with E-state index in [1.54, 1.807) is 6.07 Å². The topological polar surface area (TPSA) is 47.3 Å². The van der Waals surface area contributed by atoms with E-state index in [2.05, 4.69) is 30.0 Å². The molecular formula is C25H33FN2O. The lowest BCUT2D eigenvalue weighted by molar-refractivity contribution is 0.0186. The molecule has 2 atom stereocenters. The van der Waals surface area contributed by atoms with Crippen molar-refractivity contribution in [2.24, 2.45) is 5.41 Å². The molecule has 1 saturated heterocycles. The molecule has 0 aromatic heterocycles. The molecule has 1 N–H and O–H groups in total. The van der Waals surface area contributed by atoms with E-state index in [1.165, 1.54) is 5.56 Å². The van der Waals surface area contributed by atoms with Gasteiger partial charge in [0.25, 0.3) is 0 Å². The fraction of sp³-hybridized carbons (Fsp3) is 0.480. The van der Waals surface area contributed by atoms with Gasteiger partial charge >= 0.3 is 0 Å². The molecule has 2 aromatic rings. The summed E-state index contributed by atoms with van der Waals surface area (Å²) in [6.07, 6.45) is 0.921. The maximum atomic E-state index is 14.6. The SMILES string of the molecule is CC.CCc1ccc(-c2ccc(CN3CCC(C)(CC#N)C(F)C3)cc2O)cc1. The summed E-state index contributed by atoms with van der Waals surface area (Å²) < 4.78 is 14.6. The number of phenolic OH excluding ortho intramolecular Hbond substituents is 1. The van der Waals surface area contributed by atoms with Crippen LogP contribution in [0.4, 0.5) is 4.39 Å². The number of hydrogen-bond acceptors (Lipinski definition) is 3. The van der Waals surface area contributed by atoms with E-state index >= 15 is 0 Å². The van der Waals surface area contributed by atoms with E-state index in [-0.39, 0.29) is 12.2 Å². The second kappa shape index (κ2) is 10.4. The molecule has 1 aliphatic heterocycles. The van der Waals surface area contributed by atoms with Crippen molar-refractivity contribution in [1.29, 1.82) is 5.26 Å². The molecule has 0 saturated carbocycles. The monoisotopic (exact) mass is 396 g/mol. The van der Waals surface area contributed by atoms with Crippen LogP contribution in [0.15, 0.2) is 42.5 Å². The first-order valence-electron chi connectivity index (χ1n) is 10.6. The van der Waals surface area contributed by atoms with Gasteiger partial charge in [0.2, 0.25) is 0 Å². The molecule has 29 heavy (non-hydrogen) atoms. The molecule has 3 rings (SSSR count). The Morgan fingerprint density at radius 1 is 1.17 bits per heavy atom. The number of nitrogens with zero attached hydrogens (tertiary/aromatic N) is 2. The summed E-state index contributed by atoms with van der Waals surface area (Å²) in [5.41, 5.74) is 3.50. The van der Waals surface area contributed by atoms with Gasteiger partial charge in [0.15, 0.2) is 0 Å². The molecule has 0 aliphatic carbocycles. The van der Waals surface area contributed by atoms with E-state index < -0.39 is 11.6 Å². The molecule has 2 aromatic carbocycles. The number of likely N-dealkylation sites (tertiary alicyclic amines) is 1. The van der Waals surface area contributed by atoms with E-state index in [9.17, 15) is 9.50 Å². The Bertz CT molecular complexity index is 828. The Kier molecular flexibility index (Phi) is 8.22. The van der Waals surface area contributed by atoms with Gasteiger partial charge < -0.3 is 5.11 Å². The number of rotatable bonds is 5. The van der Waals surface area contributed by atoms with Gasteiger partial charge in [0.05, 0.1) is 6.07 Å². The van der Waals surface area contributed by atoms with Gasteiger partial charge in [-0.15, -0.1) is 0 Å². The number of phenols is 1. The number of alkyl halides is 1. The molecule has 1 heterocycles. The molecule has 0 radical (unpaired) electrons. The molecule has 2 unspecified atom stereocenters. The van der Waals surface area contributed by atoms with Crippen LogP contribution in [0.1, 0.15) is 51.7 Å². The van der Waals surface area contributed by atoms with Gasteiger partial charge in [-0.25, -0.2) is 4.39 Å². The normalized spacial score (nSPS) is 21.7. The first kappa shape index (κ1) is 22.9. The van der Waals surface area contributed by atoms with Gasteiger partial charge in [-0.1, -0.05) is 64.1 Å². The van der Waals surface area contributed by atoms with Crippen LogP contribution in [0.5, 0.6) is 5.75 Å². The average Bonchev–Trinajstić information content (AvgIpc) is 2.73. The van der Waals surface area contributed by atoms with Crippen LogP contribution >= 0.6 is 0 Å². The Morgan fingerprint density at radius 3 is 2.38 bits per heavy atom. The molecule has 0 amide bonds. The van der Waals surface area contributed by atoms with Crippen molar-refractivity contribution >= 4 is 0 Å². The van der Waals surface area contributed by atoms with E-state index in [0.29, 0.717) is 19.5 Å². The molecule has 1 aliphatic rings. The van der Waals surface area contributed by atoms with E-state index in [4.69, 9.17) is 5.26 Å². The Hall–Kier alpha value is -2.38. The lowest BCUT2D eigenvalue weighted by Crippen LogP contribution is -2.47. The summed E-state index contributed by atoms with van der Waals surface area (Å²) in [5, 5.41) is 19.4. The summed E-state index contributed by atoms with van der Waals surface area (Å²) in [5.74, 6) is 0.250. The largest absolute Gasteiger partial charge is 0.507 e. The van der Waals surface area contributed by atoms with Crippen LogP contribution < -0.4 is 0 Å². The van der Waals surface area contributed by atoms with Crippen LogP contribution in [0.2, 0.25) is 0 Å². The zero-order valence-corrected chi connectivity index (χ0v) is 18.1. The lowest BCUT2D eigenvalue weighted by Gasteiger charge is -2.41. The van der Waals surface area contributed by atoms with Gasteiger partial charge in [-0.3, -0.25) is 4.90 Å². The van der Waals surface area contributed by atoms with Crippen LogP contribution in [-0.2, 0) is 13.0 Å². The van der Waals surface area contributed by atoms with E-state index in [0.717, 1.165) is 29.7 Å². The second-order valence-electron chi connectivity index (χ2n) is 7.84. The Balaban J connectivity index is 0.00000145. The van der Waals surface area contributed by atoms with Crippen molar-refractivity contribution < 1.29 is 9.50 Å². The number of aromatic hydroxyl groups is 1. The highest BCUT2D eigenvalue weighted by Gasteiger charge is 2.39. The maximum Gasteiger partial charge on any atom is 0.123 e. The quantitative estimate of drug-likeness (QED) is 0.663. The molecule has 1 fully saturated rings. The highest BCUT2D eigenvalue weighted by Crippen LogP contribution is 2.37. The third-order valence-corrected chi connectivity index (χ3v) is 5.80. The summed E-state index contributed by atoms with van der Waals surface area (Å²) in [6, 6.07) is 16.0. The molecule has 0 bridgehead atoms.